The SMILES string of the molecule is C=C(C)C(=O)OC1(c2ccccc2)CCCc2cccc(F)c21. The lowest BCUT2D eigenvalue weighted by atomic mass is 9.74. The summed E-state index contributed by atoms with van der Waals surface area (Å²) in [7, 11) is 0. The summed E-state index contributed by atoms with van der Waals surface area (Å²) in [5, 5.41) is 0. The van der Waals surface area contributed by atoms with Gasteiger partial charge < -0.3 is 4.74 Å². The smallest absolute Gasteiger partial charge is 0.334 e. The van der Waals surface area contributed by atoms with E-state index >= 15 is 0 Å². The molecule has 2 aromatic rings. The monoisotopic (exact) mass is 310 g/mol. The zero-order chi connectivity index (χ0) is 16.4. The Bertz CT molecular complexity index is 751. The van der Waals surface area contributed by atoms with Gasteiger partial charge in [0.15, 0.2) is 5.60 Å². The van der Waals surface area contributed by atoms with Crippen LogP contribution in [0.1, 0.15) is 36.5 Å². The molecule has 3 heteroatoms. The van der Waals surface area contributed by atoms with Crippen molar-refractivity contribution in [2.24, 2.45) is 0 Å². The Labute approximate surface area is 135 Å². The van der Waals surface area contributed by atoms with Crippen LogP contribution in [-0.2, 0) is 21.6 Å². The molecule has 3 rings (SSSR count). The first-order valence-corrected chi connectivity index (χ1v) is 7.77. The largest absolute Gasteiger partial charge is 0.446 e. The first-order chi connectivity index (χ1) is 11.0. The maximum Gasteiger partial charge on any atom is 0.334 e. The molecule has 0 fully saturated rings. The summed E-state index contributed by atoms with van der Waals surface area (Å²) in [4.78, 5) is 12.3. The molecule has 0 heterocycles. The van der Waals surface area contributed by atoms with Gasteiger partial charge in [0.2, 0.25) is 0 Å². The Hall–Kier alpha value is -2.42. The van der Waals surface area contributed by atoms with Crippen LogP contribution in [0, 0.1) is 5.82 Å². The van der Waals surface area contributed by atoms with Crippen LogP contribution in [0.4, 0.5) is 4.39 Å². The Morgan fingerprint density at radius 3 is 2.61 bits per heavy atom. The molecular formula is C20H19FO2. The molecule has 0 aliphatic heterocycles. The van der Waals surface area contributed by atoms with Crippen molar-refractivity contribution < 1.29 is 13.9 Å². The highest BCUT2D eigenvalue weighted by atomic mass is 19.1. The quantitative estimate of drug-likeness (QED) is 0.615. The third-order valence-corrected chi connectivity index (χ3v) is 4.33. The predicted molar refractivity (Wildman–Crippen MR) is 87.5 cm³/mol. The summed E-state index contributed by atoms with van der Waals surface area (Å²) in [5.41, 5.74) is 1.39. The first-order valence-electron chi connectivity index (χ1n) is 7.77. The number of carbonyl (C=O) groups is 1. The Kier molecular flexibility index (Phi) is 4.03. The van der Waals surface area contributed by atoms with Gasteiger partial charge in [0.05, 0.1) is 0 Å². The van der Waals surface area contributed by atoms with Gasteiger partial charge in [-0.1, -0.05) is 49.0 Å². The highest BCUT2D eigenvalue weighted by molar-refractivity contribution is 5.87. The van der Waals surface area contributed by atoms with Gasteiger partial charge in [-0.2, -0.15) is 0 Å². The van der Waals surface area contributed by atoms with Gasteiger partial charge in [-0.15, -0.1) is 0 Å². The lowest BCUT2D eigenvalue weighted by Crippen LogP contribution is -2.38. The molecule has 0 saturated heterocycles. The highest BCUT2D eigenvalue weighted by Crippen LogP contribution is 2.45. The molecular weight excluding hydrogens is 291 g/mol. The molecule has 0 amide bonds. The molecule has 0 saturated carbocycles. The van der Waals surface area contributed by atoms with Crippen LogP contribution in [0.5, 0.6) is 0 Å². The Morgan fingerprint density at radius 2 is 1.91 bits per heavy atom. The zero-order valence-corrected chi connectivity index (χ0v) is 13.1. The zero-order valence-electron chi connectivity index (χ0n) is 13.1. The van der Waals surface area contributed by atoms with Gasteiger partial charge in [-0.25, -0.2) is 9.18 Å². The average molecular weight is 310 g/mol. The first kappa shape index (κ1) is 15.5. The third kappa shape index (κ3) is 2.67. The number of benzene rings is 2. The molecule has 23 heavy (non-hydrogen) atoms. The number of fused-ring (bicyclic) bond motifs is 1. The molecule has 0 N–H and O–H groups in total. The molecule has 0 aromatic heterocycles. The van der Waals surface area contributed by atoms with Crippen LogP contribution in [0.2, 0.25) is 0 Å². The number of carbonyl (C=O) groups excluding carboxylic acids is 1. The van der Waals surface area contributed by atoms with E-state index in [-0.39, 0.29) is 5.82 Å². The second-order valence-corrected chi connectivity index (χ2v) is 5.99. The van der Waals surface area contributed by atoms with Crippen molar-refractivity contribution in [2.45, 2.75) is 31.8 Å². The topological polar surface area (TPSA) is 26.3 Å². The van der Waals surface area contributed by atoms with Crippen LogP contribution in [0.25, 0.3) is 0 Å². The summed E-state index contributed by atoms with van der Waals surface area (Å²) >= 11 is 0. The van der Waals surface area contributed by atoms with Crippen LogP contribution in [-0.4, -0.2) is 5.97 Å². The molecule has 0 bridgehead atoms. The summed E-state index contributed by atoms with van der Waals surface area (Å²) in [6, 6.07) is 14.4. The summed E-state index contributed by atoms with van der Waals surface area (Å²) in [6.45, 7) is 5.26. The van der Waals surface area contributed by atoms with Gasteiger partial charge in [-0.3, -0.25) is 0 Å². The minimum absolute atomic E-state index is 0.309. The van der Waals surface area contributed by atoms with Crippen molar-refractivity contribution in [1.82, 2.24) is 0 Å². The van der Waals surface area contributed by atoms with E-state index in [4.69, 9.17) is 4.74 Å². The van der Waals surface area contributed by atoms with E-state index in [1.165, 1.54) is 6.07 Å². The molecule has 2 nitrogen and oxygen atoms in total. The molecule has 1 aliphatic carbocycles. The number of rotatable bonds is 3. The standard InChI is InChI=1S/C20H19FO2/c1-14(2)19(22)23-20(16-10-4-3-5-11-16)13-7-9-15-8-6-12-17(21)18(15)20/h3-6,8,10-12H,1,7,9,13H2,2H3. The lowest BCUT2D eigenvalue weighted by Gasteiger charge is -2.39. The Balaban J connectivity index is 2.23. The third-order valence-electron chi connectivity index (χ3n) is 4.33. The number of halogens is 1. The van der Waals surface area contributed by atoms with Crippen molar-refractivity contribution >= 4 is 5.97 Å². The molecule has 1 aliphatic rings. The van der Waals surface area contributed by atoms with E-state index in [2.05, 4.69) is 6.58 Å². The van der Waals surface area contributed by atoms with Gasteiger partial charge in [0, 0.05) is 16.7 Å². The maximum atomic E-state index is 14.7. The fourth-order valence-electron chi connectivity index (χ4n) is 3.28. The van der Waals surface area contributed by atoms with Crippen LogP contribution in [0.3, 0.4) is 0 Å². The van der Waals surface area contributed by atoms with Gasteiger partial charge in [0.25, 0.3) is 0 Å². The molecule has 118 valence electrons. The van der Waals surface area contributed by atoms with E-state index in [0.717, 1.165) is 24.0 Å². The number of hydrogen-bond acceptors (Lipinski definition) is 2. The maximum absolute atomic E-state index is 14.7. The fourth-order valence-corrected chi connectivity index (χ4v) is 3.28. The minimum atomic E-state index is -1.09. The number of hydrogen-bond donors (Lipinski definition) is 0. The lowest BCUT2D eigenvalue weighted by molar-refractivity contribution is -0.153. The summed E-state index contributed by atoms with van der Waals surface area (Å²) in [6.07, 6.45) is 2.17. The molecule has 0 spiro atoms. The second kappa shape index (κ2) is 5.99. The molecule has 1 unspecified atom stereocenters. The van der Waals surface area contributed by atoms with Gasteiger partial charge in [-0.05, 0) is 37.8 Å². The molecule has 0 radical (unpaired) electrons. The van der Waals surface area contributed by atoms with Crippen molar-refractivity contribution in [2.75, 3.05) is 0 Å². The van der Waals surface area contributed by atoms with E-state index in [9.17, 15) is 9.18 Å². The number of ether oxygens (including phenoxy) is 1. The molecule has 2 aromatic carbocycles. The van der Waals surface area contributed by atoms with Gasteiger partial charge >= 0.3 is 5.97 Å². The average Bonchev–Trinajstić information content (AvgIpc) is 2.55. The normalized spacial score (nSPS) is 19.7. The van der Waals surface area contributed by atoms with E-state index in [1.54, 1.807) is 13.0 Å². The molecule has 1 atom stereocenters. The summed E-state index contributed by atoms with van der Waals surface area (Å²) < 4.78 is 20.5. The summed E-state index contributed by atoms with van der Waals surface area (Å²) in [5.74, 6) is -0.828. The fraction of sp³-hybridized carbons (Fsp3) is 0.250. The predicted octanol–water partition coefficient (Wildman–Crippen LogP) is 4.52. The van der Waals surface area contributed by atoms with Crippen molar-refractivity contribution in [1.29, 1.82) is 0 Å². The second-order valence-electron chi connectivity index (χ2n) is 5.99. The number of esters is 1. The van der Waals surface area contributed by atoms with E-state index in [0.29, 0.717) is 17.6 Å². The van der Waals surface area contributed by atoms with Crippen molar-refractivity contribution in [3.8, 4) is 0 Å². The van der Waals surface area contributed by atoms with Crippen LogP contribution < -0.4 is 0 Å². The highest BCUT2D eigenvalue weighted by Gasteiger charge is 2.44. The van der Waals surface area contributed by atoms with Crippen LogP contribution >= 0.6 is 0 Å². The van der Waals surface area contributed by atoms with Crippen molar-refractivity contribution in [3.63, 3.8) is 0 Å². The Morgan fingerprint density at radius 1 is 1.17 bits per heavy atom. The minimum Gasteiger partial charge on any atom is -0.446 e. The van der Waals surface area contributed by atoms with E-state index < -0.39 is 11.6 Å². The van der Waals surface area contributed by atoms with Gasteiger partial charge in [0.1, 0.15) is 5.82 Å². The van der Waals surface area contributed by atoms with Crippen molar-refractivity contribution in [3.05, 3.63) is 83.2 Å². The van der Waals surface area contributed by atoms with Crippen LogP contribution in [0.15, 0.2) is 60.7 Å². The number of aryl methyl sites for hydroxylation is 1. The van der Waals surface area contributed by atoms with E-state index in [1.807, 2.05) is 36.4 Å².